The summed E-state index contributed by atoms with van der Waals surface area (Å²) in [6.45, 7) is -1.01. The Balaban J connectivity index is 2.37. The van der Waals surface area contributed by atoms with Gasteiger partial charge >= 0.3 is 6.18 Å². The predicted molar refractivity (Wildman–Crippen MR) is 65.3 cm³/mol. The van der Waals surface area contributed by atoms with Gasteiger partial charge in [0.1, 0.15) is 12.6 Å². The van der Waals surface area contributed by atoms with E-state index in [2.05, 4.69) is 15.9 Å². The molecule has 0 aromatic heterocycles. The van der Waals surface area contributed by atoms with Gasteiger partial charge in [0.15, 0.2) is 0 Å². The van der Waals surface area contributed by atoms with Gasteiger partial charge in [-0.3, -0.25) is 0 Å². The molecule has 0 unspecified atom stereocenters. The van der Waals surface area contributed by atoms with E-state index in [1.54, 1.807) is 18.2 Å². The van der Waals surface area contributed by atoms with Crippen molar-refractivity contribution in [3.8, 4) is 6.07 Å². The highest BCUT2D eigenvalue weighted by atomic mass is 79.9. The first kappa shape index (κ1) is 13.2. The minimum atomic E-state index is -4.27. The number of halogens is 4. The van der Waals surface area contributed by atoms with E-state index >= 15 is 0 Å². The van der Waals surface area contributed by atoms with Crippen molar-refractivity contribution in [3.05, 3.63) is 28.2 Å². The minimum Gasteiger partial charge on any atom is -0.358 e. The van der Waals surface area contributed by atoms with Crippen LogP contribution < -0.4 is 4.90 Å². The molecule has 1 aromatic rings. The predicted octanol–water partition coefficient (Wildman–Crippen LogP) is 3.85. The summed E-state index contributed by atoms with van der Waals surface area (Å²) >= 11 is 3.19. The molecule has 1 aliphatic rings. The second kappa shape index (κ2) is 4.81. The van der Waals surface area contributed by atoms with Gasteiger partial charge in [0.2, 0.25) is 0 Å². The van der Waals surface area contributed by atoms with Crippen LogP contribution in [0.1, 0.15) is 18.4 Å². The molecular weight excluding hydrogens is 309 g/mol. The largest absolute Gasteiger partial charge is 0.405 e. The average molecular weight is 319 g/mol. The lowest BCUT2D eigenvalue weighted by atomic mass is 10.1. The molecule has 0 atom stereocenters. The summed E-state index contributed by atoms with van der Waals surface area (Å²) in [5, 5.41) is 9.06. The summed E-state index contributed by atoms with van der Waals surface area (Å²) in [6.07, 6.45) is -2.78. The Morgan fingerprint density at radius 1 is 1.39 bits per heavy atom. The lowest BCUT2D eigenvalue weighted by Crippen LogP contribution is -2.36. The molecule has 0 aliphatic heterocycles. The van der Waals surface area contributed by atoms with Crippen LogP contribution in [-0.4, -0.2) is 18.8 Å². The number of alkyl halides is 3. The highest BCUT2D eigenvalue weighted by Gasteiger charge is 2.39. The Kier molecular flexibility index (Phi) is 3.53. The van der Waals surface area contributed by atoms with Crippen LogP contribution in [0.4, 0.5) is 18.9 Å². The van der Waals surface area contributed by atoms with Gasteiger partial charge in [0.05, 0.1) is 11.3 Å². The van der Waals surface area contributed by atoms with Crippen molar-refractivity contribution in [2.24, 2.45) is 0 Å². The van der Waals surface area contributed by atoms with E-state index < -0.39 is 12.7 Å². The molecule has 2 rings (SSSR count). The van der Waals surface area contributed by atoms with Gasteiger partial charge in [0, 0.05) is 10.5 Å². The van der Waals surface area contributed by atoms with E-state index in [1.165, 1.54) is 4.90 Å². The number of hydrogen-bond donors (Lipinski definition) is 0. The summed E-state index contributed by atoms with van der Waals surface area (Å²) in [4.78, 5) is 1.28. The summed E-state index contributed by atoms with van der Waals surface area (Å²) in [5.74, 6) is 0. The Labute approximate surface area is 111 Å². The lowest BCUT2D eigenvalue weighted by molar-refractivity contribution is -0.120. The van der Waals surface area contributed by atoms with Crippen LogP contribution in [0.2, 0.25) is 0 Å². The maximum Gasteiger partial charge on any atom is 0.405 e. The van der Waals surface area contributed by atoms with Crippen LogP contribution in [0.25, 0.3) is 0 Å². The van der Waals surface area contributed by atoms with Gasteiger partial charge in [-0.15, -0.1) is 0 Å². The second-order valence-electron chi connectivity index (χ2n) is 4.22. The van der Waals surface area contributed by atoms with Gasteiger partial charge < -0.3 is 4.90 Å². The fraction of sp³-hybridized carbons (Fsp3) is 0.417. The highest BCUT2D eigenvalue weighted by Crippen LogP contribution is 2.37. The third kappa shape index (κ3) is 2.96. The number of nitriles is 1. The molecule has 18 heavy (non-hydrogen) atoms. The summed E-state index contributed by atoms with van der Waals surface area (Å²) < 4.78 is 38.3. The van der Waals surface area contributed by atoms with Gasteiger partial charge in [0.25, 0.3) is 0 Å². The van der Waals surface area contributed by atoms with E-state index in [-0.39, 0.29) is 11.6 Å². The Morgan fingerprint density at radius 2 is 2.06 bits per heavy atom. The molecule has 0 saturated heterocycles. The van der Waals surface area contributed by atoms with Crippen LogP contribution >= 0.6 is 15.9 Å². The highest BCUT2D eigenvalue weighted by molar-refractivity contribution is 9.10. The van der Waals surface area contributed by atoms with Crippen LogP contribution in [-0.2, 0) is 0 Å². The number of hydrogen-bond acceptors (Lipinski definition) is 2. The van der Waals surface area contributed by atoms with Crippen LogP contribution in [0, 0.1) is 11.3 Å². The fourth-order valence-electron chi connectivity index (χ4n) is 1.85. The standard InChI is InChI=1S/C12H10BrF3N2/c13-10-2-1-3-11(9(10)6-17)18(8-4-5-8)7-12(14,15)16/h1-3,8H,4-5,7H2. The molecule has 0 N–H and O–H groups in total. The van der Waals surface area contributed by atoms with E-state index in [9.17, 15) is 13.2 Å². The number of anilines is 1. The van der Waals surface area contributed by atoms with Gasteiger partial charge in [-0.05, 0) is 40.9 Å². The molecule has 96 valence electrons. The molecule has 0 heterocycles. The van der Waals surface area contributed by atoms with Crippen molar-refractivity contribution in [2.75, 3.05) is 11.4 Å². The lowest BCUT2D eigenvalue weighted by Gasteiger charge is -2.27. The molecule has 1 aromatic carbocycles. The quantitative estimate of drug-likeness (QED) is 0.846. The first-order valence-corrected chi connectivity index (χ1v) is 6.23. The Morgan fingerprint density at radius 3 is 2.56 bits per heavy atom. The van der Waals surface area contributed by atoms with Crippen molar-refractivity contribution >= 4 is 21.6 Å². The zero-order valence-corrected chi connectivity index (χ0v) is 10.9. The topological polar surface area (TPSA) is 27.0 Å². The molecule has 0 amide bonds. The molecule has 1 aliphatic carbocycles. The number of benzene rings is 1. The van der Waals surface area contributed by atoms with E-state index in [0.717, 1.165) is 12.8 Å². The van der Waals surface area contributed by atoms with E-state index in [0.29, 0.717) is 10.2 Å². The van der Waals surface area contributed by atoms with Crippen molar-refractivity contribution < 1.29 is 13.2 Å². The molecule has 0 bridgehead atoms. The maximum atomic E-state index is 12.6. The van der Waals surface area contributed by atoms with Gasteiger partial charge in [-0.25, -0.2) is 0 Å². The monoisotopic (exact) mass is 318 g/mol. The van der Waals surface area contributed by atoms with Gasteiger partial charge in [-0.2, -0.15) is 18.4 Å². The SMILES string of the molecule is N#Cc1c(Br)cccc1N(CC(F)(F)F)C1CC1. The average Bonchev–Trinajstić information content (AvgIpc) is 3.08. The first-order valence-electron chi connectivity index (χ1n) is 5.44. The summed E-state index contributed by atoms with van der Waals surface area (Å²) in [7, 11) is 0. The zero-order valence-electron chi connectivity index (χ0n) is 9.34. The second-order valence-corrected chi connectivity index (χ2v) is 5.07. The minimum absolute atomic E-state index is 0.104. The smallest absolute Gasteiger partial charge is 0.358 e. The molecule has 6 heteroatoms. The van der Waals surface area contributed by atoms with Crippen molar-refractivity contribution in [1.29, 1.82) is 5.26 Å². The Hall–Kier alpha value is -1.22. The van der Waals surface area contributed by atoms with Crippen LogP contribution in [0.15, 0.2) is 22.7 Å². The van der Waals surface area contributed by atoms with Crippen LogP contribution in [0.5, 0.6) is 0 Å². The van der Waals surface area contributed by atoms with E-state index in [4.69, 9.17) is 5.26 Å². The van der Waals surface area contributed by atoms with Crippen molar-refractivity contribution in [2.45, 2.75) is 25.1 Å². The molecular formula is C12H10BrF3N2. The third-order valence-electron chi connectivity index (χ3n) is 2.75. The Bertz CT molecular complexity index is 489. The zero-order chi connectivity index (χ0) is 13.3. The normalized spacial score (nSPS) is 15.3. The van der Waals surface area contributed by atoms with Crippen LogP contribution in [0.3, 0.4) is 0 Å². The van der Waals surface area contributed by atoms with Crippen molar-refractivity contribution in [1.82, 2.24) is 0 Å². The molecule has 1 fully saturated rings. The third-order valence-corrected chi connectivity index (χ3v) is 3.41. The maximum absolute atomic E-state index is 12.6. The molecule has 0 radical (unpaired) electrons. The summed E-state index contributed by atoms with van der Waals surface area (Å²) in [6, 6.07) is 6.71. The molecule has 0 spiro atoms. The fourth-order valence-corrected chi connectivity index (χ4v) is 2.30. The first-order chi connectivity index (χ1) is 8.42. The molecule has 2 nitrogen and oxygen atoms in total. The number of rotatable bonds is 3. The summed E-state index contributed by atoms with van der Waals surface area (Å²) in [5.41, 5.74) is 0.611. The molecule has 1 saturated carbocycles. The van der Waals surface area contributed by atoms with Gasteiger partial charge in [-0.1, -0.05) is 6.07 Å². The van der Waals surface area contributed by atoms with Crippen molar-refractivity contribution in [3.63, 3.8) is 0 Å². The van der Waals surface area contributed by atoms with E-state index in [1.807, 2.05) is 6.07 Å². The number of nitrogens with zero attached hydrogens (tertiary/aromatic N) is 2.